The van der Waals surface area contributed by atoms with Gasteiger partial charge in [0.1, 0.15) is 22.9 Å². The van der Waals surface area contributed by atoms with Crippen LogP contribution < -0.4 is 15.0 Å². The molecular weight excluding hydrogens is 393 g/mol. The quantitative estimate of drug-likeness (QED) is 0.634. The van der Waals surface area contributed by atoms with Crippen molar-refractivity contribution in [2.75, 3.05) is 24.6 Å². The lowest BCUT2D eigenvalue weighted by molar-refractivity contribution is -0.123. The third-order valence-electron chi connectivity index (χ3n) is 5.62. The number of amides is 1. The standard InChI is InChI=1S/C25H28FN3O2/c1-17-12-18(2)15-29(14-17)23-11-8-20-4-3-5-22(25(20)28-23)31-16-24(30)27-13-19-6-9-21(26)10-7-19/h3-11,17-18H,12-16H2,1-2H3,(H,27,30). The van der Waals surface area contributed by atoms with E-state index in [4.69, 9.17) is 9.72 Å². The minimum atomic E-state index is -0.297. The first kappa shape index (κ1) is 21.1. The van der Waals surface area contributed by atoms with E-state index in [9.17, 15) is 9.18 Å². The Morgan fingerprint density at radius 1 is 1.10 bits per heavy atom. The number of benzene rings is 2. The van der Waals surface area contributed by atoms with E-state index in [1.807, 2.05) is 18.2 Å². The molecule has 0 saturated carbocycles. The fraction of sp³-hybridized carbons (Fsp3) is 0.360. The third-order valence-corrected chi connectivity index (χ3v) is 5.62. The second-order valence-corrected chi connectivity index (χ2v) is 8.54. The Morgan fingerprint density at radius 2 is 1.84 bits per heavy atom. The van der Waals surface area contributed by atoms with Gasteiger partial charge in [-0.1, -0.05) is 38.1 Å². The van der Waals surface area contributed by atoms with Crippen molar-refractivity contribution in [3.8, 4) is 5.75 Å². The minimum Gasteiger partial charge on any atom is -0.481 e. The molecule has 2 atom stereocenters. The molecule has 0 radical (unpaired) electrons. The molecule has 2 aromatic carbocycles. The molecule has 1 saturated heterocycles. The van der Waals surface area contributed by atoms with E-state index in [-0.39, 0.29) is 18.3 Å². The molecule has 0 bridgehead atoms. The van der Waals surface area contributed by atoms with E-state index in [0.29, 0.717) is 24.1 Å². The summed E-state index contributed by atoms with van der Waals surface area (Å²) in [5, 5.41) is 3.77. The van der Waals surface area contributed by atoms with Gasteiger partial charge in [0.15, 0.2) is 6.61 Å². The molecule has 0 aliphatic carbocycles. The zero-order valence-corrected chi connectivity index (χ0v) is 18.0. The van der Waals surface area contributed by atoms with Crippen LogP contribution >= 0.6 is 0 Å². The van der Waals surface area contributed by atoms with Crippen molar-refractivity contribution in [2.45, 2.75) is 26.8 Å². The van der Waals surface area contributed by atoms with Crippen LogP contribution in [0, 0.1) is 17.7 Å². The van der Waals surface area contributed by atoms with E-state index >= 15 is 0 Å². The fourth-order valence-electron chi connectivity index (χ4n) is 4.25. The summed E-state index contributed by atoms with van der Waals surface area (Å²) in [5.74, 6) is 2.28. The maximum absolute atomic E-state index is 13.0. The molecule has 1 aliphatic rings. The zero-order valence-electron chi connectivity index (χ0n) is 18.0. The zero-order chi connectivity index (χ0) is 21.8. The van der Waals surface area contributed by atoms with Gasteiger partial charge < -0.3 is 15.0 Å². The number of nitrogens with zero attached hydrogens (tertiary/aromatic N) is 2. The second kappa shape index (κ2) is 9.33. The molecule has 162 valence electrons. The number of piperidine rings is 1. The van der Waals surface area contributed by atoms with E-state index in [1.54, 1.807) is 12.1 Å². The highest BCUT2D eigenvalue weighted by Gasteiger charge is 2.23. The smallest absolute Gasteiger partial charge is 0.258 e. The lowest BCUT2D eigenvalue weighted by Gasteiger charge is -2.35. The van der Waals surface area contributed by atoms with Gasteiger partial charge in [0.2, 0.25) is 0 Å². The summed E-state index contributed by atoms with van der Waals surface area (Å²) in [6.07, 6.45) is 1.24. The first-order valence-corrected chi connectivity index (χ1v) is 10.8. The van der Waals surface area contributed by atoms with Gasteiger partial charge in [-0.2, -0.15) is 0 Å². The van der Waals surface area contributed by atoms with Crippen LogP contribution in [0.25, 0.3) is 10.9 Å². The predicted octanol–water partition coefficient (Wildman–Crippen LogP) is 4.55. The Labute approximate surface area is 182 Å². The molecule has 1 fully saturated rings. The van der Waals surface area contributed by atoms with Gasteiger partial charge in [-0.05, 0) is 54.2 Å². The van der Waals surface area contributed by atoms with Gasteiger partial charge in [0.25, 0.3) is 5.91 Å². The lowest BCUT2D eigenvalue weighted by Crippen LogP contribution is -2.39. The monoisotopic (exact) mass is 421 g/mol. The Kier molecular flexibility index (Phi) is 6.35. The summed E-state index contributed by atoms with van der Waals surface area (Å²) in [6, 6.07) is 15.9. The molecule has 2 heterocycles. The van der Waals surface area contributed by atoms with Crippen LogP contribution in [0.5, 0.6) is 5.75 Å². The van der Waals surface area contributed by atoms with Crippen molar-refractivity contribution in [3.63, 3.8) is 0 Å². The Hall–Kier alpha value is -3.15. The minimum absolute atomic E-state index is 0.107. The molecule has 1 aliphatic heterocycles. The highest BCUT2D eigenvalue weighted by Crippen LogP contribution is 2.29. The van der Waals surface area contributed by atoms with Crippen LogP contribution in [0.4, 0.5) is 10.2 Å². The van der Waals surface area contributed by atoms with Crippen molar-refractivity contribution >= 4 is 22.6 Å². The highest BCUT2D eigenvalue weighted by molar-refractivity contribution is 5.86. The maximum atomic E-state index is 13.0. The number of carbonyl (C=O) groups is 1. The van der Waals surface area contributed by atoms with Crippen molar-refractivity contribution in [1.82, 2.24) is 10.3 Å². The van der Waals surface area contributed by atoms with Crippen molar-refractivity contribution in [1.29, 1.82) is 0 Å². The summed E-state index contributed by atoms with van der Waals surface area (Å²) in [6.45, 7) is 6.77. The Bertz CT molecular complexity index is 1040. The molecule has 5 nitrogen and oxygen atoms in total. The fourth-order valence-corrected chi connectivity index (χ4v) is 4.25. The first-order chi connectivity index (χ1) is 15.0. The van der Waals surface area contributed by atoms with Crippen LogP contribution in [-0.2, 0) is 11.3 Å². The van der Waals surface area contributed by atoms with Gasteiger partial charge in [-0.3, -0.25) is 4.79 Å². The number of para-hydroxylation sites is 1. The third kappa shape index (κ3) is 5.32. The number of pyridine rings is 1. The van der Waals surface area contributed by atoms with E-state index in [0.717, 1.165) is 35.4 Å². The van der Waals surface area contributed by atoms with Gasteiger partial charge in [0, 0.05) is 25.0 Å². The summed E-state index contributed by atoms with van der Waals surface area (Å²) >= 11 is 0. The van der Waals surface area contributed by atoms with Gasteiger partial charge in [-0.25, -0.2) is 9.37 Å². The summed E-state index contributed by atoms with van der Waals surface area (Å²) in [5.41, 5.74) is 1.59. The summed E-state index contributed by atoms with van der Waals surface area (Å²) in [4.78, 5) is 19.5. The van der Waals surface area contributed by atoms with Crippen molar-refractivity contribution in [3.05, 3.63) is 66.0 Å². The Morgan fingerprint density at radius 3 is 2.58 bits per heavy atom. The number of rotatable bonds is 6. The molecule has 6 heteroatoms. The van der Waals surface area contributed by atoms with Crippen LogP contribution in [0.2, 0.25) is 0 Å². The molecule has 4 rings (SSSR count). The van der Waals surface area contributed by atoms with E-state index in [2.05, 4.69) is 36.2 Å². The number of nitrogens with one attached hydrogen (secondary N) is 1. The molecule has 3 aromatic rings. The second-order valence-electron chi connectivity index (χ2n) is 8.54. The number of hydrogen-bond acceptors (Lipinski definition) is 4. The van der Waals surface area contributed by atoms with E-state index < -0.39 is 0 Å². The molecule has 1 N–H and O–H groups in total. The largest absolute Gasteiger partial charge is 0.481 e. The normalized spacial score (nSPS) is 18.7. The van der Waals surface area contributed by atoms with Crippen LogP contribution in [0.1, 0.15) is 25.8 Å². The first-order valence-electron chi connectivity index (χ1n) is 10.8. The SMILES string of the molecule is CC1CC(C)CN(c2ccc3cccc(OCC(=O)NCc4ccc(F)cc4)c3n2)C1. The van der Waals surface area contributed by atoms with Crippen molar-refractivity contribution in [2.24, 2.45) is 11.8 Å². The summed E-state index contributed by atoms with van der Waals surface area (Å²) in [7, 11) is 0. The Balaban J connectivity index is 1.43. The lowest BCUT2D eigenvalue weighted by atomic mass is 9.92. The number of hydrogen-bond donors (Lipinski definition) is 1. The molecule has 31 heavy (non-hydrogen) atoms. The van der Waals surface area contributed by atoms with Gasteiger partial charge in [0.05, 0.1) is 0 Å². The molecule has 2 unspecified atom stereocenters. The molecule has 1 amide bonds. The predicted molar refractivity (Wildman–Crippen MR) is 121 cm³/mol. The highest BCUT2D eigenvalue weighted by atomic mass is 19.1. The van der Waals surface area contributed by atoms with Crippen LogP contribution in [0.15, 0.2) is 54.6 Å². The van der Waals surface area contributed by atoms with Crippen LogP contribution in [0.3, 0.4) is 0 Å². The van der Waals surface area contributed by atoms with Crippen LogP contribution in [-0.4, -0.2) is 30.6 Å². The van der Waals surface area contributed by atoms with Crippen molar-refractivity contribution < 1.29 is 13.9 Å². The number of halogens is 1. The average Bonchev–Trinajstić information content (AvgIpc) is 2.76. The average molecular weight is 422 g/mol. The van der Waals surface area contributed by atoms with Gasteiger partial charge >= 0.3 is 0 Å². The number of ether oxygens (including phenoxy) is 1. The topological polar surface area (TPSA) is 54.5 Å². The molecule has 0 spiro atoms. The maximum Gasteiger partial charge on any atom is 0.258 e. The number of carbonyl (C=O) groups excluding carboxylic acids is 1. The number of fused-ring (bicyclic) bond motifs is 1. The van der Waals surface area contributed by atoms with E-state index in [1.165, 1.54) is 18.6 Å². The summed E-state index contributed by atoms with van der Waals surface area (Å²) < 4.78 is 18.8. The molecular formula is C25H28FN3O2. The molecule has 1 aromatic heterocycles. The number of aromatic nitrogens is 1. The van der Waals surface area contributed by atoms with Gasteiger partial charge in [-0.15, -0.1) is 0 Å². The number of anilines is 1.